The van der Waals surface area contributed by atoms with Gasteiger partial charge in [-0.15, -0.1) is 0 Å². The Morgan fingerprint density at radius 2 is 1.38 bits per heavy atom. The standard InChI is InChI=1S/C21H28Br2N2O2.2ClH/c22-16-11-17-19(18(23)12-16)27-15-21(20(17)26,13-24-7-3-1-4-8-24)14-25-9-5-2-6-10-25;;/h11-12H,1-10,13-15H2;2*1H. The lowest BCUT2D eigenvalue weighted by Crippen LogP contribution is -3.18. The number of benzene rings is 1. The molecule has 4 nitrogen and oxygen atoms in total. The highest BCUT2D eigenvalue weighted by Crippen LogP contribution is 2.40. The van der Waals surface area contributed by atoms with Crippen LogP contribution in [-0.2, 0) is 0 Å². The lowest BCUT2D eigenvalue weighted by Gasteiger charge is -2.41. The summed E-state index contributed by atoms with van der Waals surface area (Å²) in [5, 5.41) is 0. The third-order valence-corrected chi connectivity index (χ3v) is 7.57. The molecule has 2 saturated heterocycles. The van der Waals surface area contributed by atoms with Crippen LogP contribution in [0.2, 0.25) is 0 Å². The maximum atomic E-state index is 13.8. The van der Waals surface area contributed by atoms with E-state index in [1.807, 2.05) is 12.1 Å². The number of fused-ring (bicyclic) bond motifs is 1. The zero-order chi connectivity index (χ0) is 18.9. The Kier molecular flexibility index (Phi) is 9.77. The molecule has 0 radical (unpaired) electrons. The summed E-state index contributed by atoms with van der Waals surface area (Å²) in [5.74, 6) is 1.02. The highest BCUT2D eigenvalue weighted by molar-refractivity contribution is 9.11. The van der Waals surface area contributed by atoms with Crippen LogP contribution in [0.15, 0.2) is 21.1 Å². The van der Waals surface area contributed by atoms with Gasteiger partial charge in [-0.2, -0.15) is 0 Å². The first kappa shape index (κ1) is 25.4. The first-order valence-electron chi connectivity index (χ1n) is 10.4. The quantitative estimate of drug-likeness (QED) is 0.385. The van der Waals surface area contributed by atoms with Crippen LogP contribution < -0.4 is 39.4 Å². The van der Waals surface area contributed by atoms with Crippen LogP contribution >= 0.6 is 31.9 Å². The van der Waals surface area contributed by atoms with Gasteiger partial charge in [0, 0.05) is 4.47 Å². The molecule has 3 heterocycles. The van der Waals surface area contributed by atoms with Crippen molar-refractivity contribution in [3.8, 4) is 5.75 Å². The lowest BCUT2D eigenvalue weighted by molar-refractivity contribution is -0.933. The molecule has 3 aliphatic heterocycles. The number of halogens is 4. The van der Waals surface area contributed by atoms with E-state index in [9.17, 15) is 4.79 Å². The third-order valence-electron chi connectivity index (χ3n) is 6.53. The van der Waals surface area contributed by atoms with Crippen LogP contribution in [0.4, 0.5) is 0 Å². The molecule has 3 aliphatic rings. The fourth-order valence-electron chi connectivity index (χ4n) is 5.18. The molecule has 1 aromatic rings. The first-order chi connectivity index (χ1) is 13.1. The first-order valence-corrected chi connectivity index (χ1v) is 12.0. The number of Topliss-reactive ketones (excluding diaryl/α,β-unsaturated/α-hetero) is 1. The van der Waals surface area contributed by atoms with E-state index >= 15 is 0 Å². The van der Waals surface area contributed by atoms with Gasteiger partial charge in [0.05, 0.1) is 49.3 Å². The van der Waals surface area contributed by atoms with Gasteiger partial charge < -0.3 is 39.4 Å². The molecule has 164 valence electrons. The molecule has 4 rings (SSSR count). The molecule has 0 saturated carbocycles. The summed E-state index contributed by atoms with van der Waals surface area (Å²) < 4.78 is 8.06. The number of nitrogens with one attached hydrogen (secondary N) is 2. The van der Waals surface area contributed by atoms with Gasteiger partial charge in [0.15, 0.2) is 11.2 Å². The van der Waals surface area contributed by atoms with Gasteiger partial charge in [-0.05, 0) is 66.6 Å². The number of ketones is 1. The van der Waals surface area contributed by atoms with Crippen LogP contribution in [0.1, 0.15) is 48.9 Å². The van der Waals surface area contributed by atoms with E-state index in [0.29, 0.717) is 12.4 Å². The van der Waals surface area contributed by atoms with Crippen LogP contribution in [0.25, 0.3) is 0 Å². The fraction of sp³-hybridized carbons (Fsp3) is 0.667. The van der Waals surface area contributed by atoms with Crippen molar-refractivity contribution in [2.24, 2.45) is 5.41 Å². The summed E-state index contributed by atoms with van der Waals surface area (Å²) in [7, 11) is 0. The van der Waals surface area contributed by atoms with Gasteiger partial charge in [-0.1, -0.05) is 15.9 Å². The molecule has 8 heteroatoms. The Morgan fingerprint density at radius 3 is 1.90 bits per heavy atom. The smallest absolute Gasteiger partial charge is 0.187 e. The number of carbonyl (C=O) groups is 1. The number of hydrogen-bond acceptors (Lipinski definition) is 2. The van der Waals surface area contributed by atoms with Gasteiger partial charge in [-0.3, -0.25) is 4.79 Å². The molecule has 0 spiro atoms. The van der Waals surface area contributed by atoms with Crippen molar-refractivity contribution < 1.29 is 44.1 Å². The van der Waals surface area contributed by atoms with Crippen molar-refractivity contribution in [3.63, 3.8) is 0 Å². The summed E-state index contributed by atoms with van der Waals surface area (Å²) in [6, 6.07) is 3.91. The van der Waals surface area contributed by atoms with Gasteiger partial charge in [0.2, 0.25) is 0 Å². The lowest BCUT2D eigenvalue weighted by atomic mass is 9.77. The summed E-state index contributed by atoms with van der Waals surface area (Å²) in [5.41, 5.74) is 0.349. The average Bonchev–Trinajstić information content (AvgIpc) is 2.67. The van der Waals surface area contributed by atoms with E-state index in [2.05, 4.69) is 31.9 Å². The number of ether oxygens (including phenoxy) is 1. The minimum atomic E-state index is -0.396. The molecule has 1 aromatic carbocycles. The number of quaternary nitrogens is 2. The average molecular weight is 573 g/mol. The zero-order valence-electron chi connectivity index (χ0n) is 16.7. The van der Waals surface area contributed by atoms with Gasteiger partial charge in [0.1, 0.15) is 12.4 Å². The molecule has 0 aliphatic carbocycles. The predicted octanol–water partition coefficient (Wildman–Crippen LogP) is -4.08. The molecule has 2 fully saturated rings. The predicted molar refractivity (Wildman–Crippen MR) is 113 cm³/mol. The Morgan fingerprint density at radius 1 is 0.862 bits per heavy atom. The number of carbonyl (C=O) groups excluding carboxylic acids is 1. The molecule has 2 N–H and O–H groups in total. The second kappa shape index (κ2) is 11.1. The second-order valence-electron chi connectivity index (χ2n) is 8.64. The Labute approximate surface area is 203 Å². The summed E-state index contributed by atoms with van der Waals surface area (Å²) >= 11 is 7.13. The van der Waals surface area contributed by atoms with Crippen molar-refractivity contribution in [1.29, 1.82) is 0 Å². The molecular formula is C21H30Br2Cl2N2O2. The Hall–Kier alpha value is 0.150. The number of piperidine rings is 2. The number of rotatable bonds is 4. The minimum Gasteiger partial charge on any atom is -1.00 e. The van der Waals surface area contributed by atoms with Crippen LogP contribution in [0.3, 0.4) is 0 Å². The third kappa shape index (κ3) is 5.69. The number of hydrogen-bond donors (Lipinski definition) is 2. The summed E-state index contributed by atoms with van der Waals surface area (Å²) in [4.78, 5) is 17.0. The van der Waals surface area contributed by atoms with Gasteiger partial charge in [0.25, 0.3) is 0 Å². The van der Waals surface area contributed by atoms with E-state index < -0.39 is 5.41 Å². The van der Waals surface area contributed by atoms with Crippen LogP contribution in [0, 0.1) is 5.41 Å². The topological polar surface area (TPSA) is 35.2 Å². The molecule has 29 heavy (non-hydrogen) atoms. The van der Waals surface area contributed by atoms with E-state index in [1.165, 1.54) is 64.7 Å². The van der Waals surface area contributed by atoms with Crippen molar-refractivity contribution in [2.45, 2.75) is 38.5 Å². The van der Waals surface area contributed by atoms with Crippen LogP contribution in [0.5, 0.6) is 5.75 Å². The van der Waals surface area contributed by atoms with E-state index in [0.717, 1.165) is 33.3 Å². The maximum Gasteiger partial charge on any atom is 0.187 e. The highest BCUT2D eigenvalue weighted by atomic mass is 79.9. The Bertz CT molecular complexity index is 688. The van der Waals surface area contributed by atoms with E-state index in [4.69, 9.17) is 4.74 Å². The molecular weight excluding hydrogens is 543 g/mol. The van der Waals surface area contributed by atoms with Gasteiger partial charge >= 0.3 is 0 Å². The fourth-order valence-corrected chi connectivity index (χ4v) is 6.52. The normalized spacial score (nSPS) is 22.1. The Balaban J connectivity index is 0.00000150. The molecule has 0 atom stereocenters. The molecule has 0 bridgehead atoms. The summed E-state index contributed by atoms with van der Waals surface area (Å²) in [6.45, 7) is 7.13. The van der Waals surface area contributed by atoms with Crippen molar-refractivity contribution in [1.82, 2.24) is 0 Å². The molecule has 0 unspecified atom stereocenters. The number of likely N-dealkylation sites (tertiary alicyclic amines) is 2. The highest BCUT2D eigenvalue weighted by Gasteiger charge is 2.51. The SMILES string of the molecule is O=C1c2cc(Br)cc(Br)c2OCC1(C[NH+]1CCCCC1)C[NH+]1CCCCC1.[Cl-].[Cl-]. The second-order valence-corrected chi connectivity index (χ2v) is 10.4. The molecule has 0 amide bonds. The maximum absolute atomic E-state index is 13.8. The van der Waals surface area contributed by atoms with Crippen molar-refractivity contribution >= 4 is 37.6 Å². The van der Waals surface area contributed by atoms with E-state index in [1.54, 1.807) is 9.80 Å². The van der Waals surface area contributed by atoms with Gasteiger partial charge in [-0.25, -0.2) is 0 Å². The summed E-state index contributed by atoms with van der Waals surface area (Å²) in [6.07, 6.45) is 7.80. The van der Waals surface area contributed by atoms with Crippen LogP contribution in [-0.4, -0.2) is 51.7 Å². The minimum absolute atomic E-state index is 0. The monoisotopic (exact) mass is 570 g/mol. The largest absolute Gasteiger partial charge is 1.00 e. The molecule has 0 aromatic heterocycles. The van der Waals surface area contributed by atoms with Crippen molar-refractivity contribution in [3.05, 3.63) is 26.6 Å². The van der Waals surface area contributed by atoms with E-state index in [-0.39, 0.29) is 24.8 Å². The zero-order valence-corrected chi connectivity index (χ0v) is 21.4. The van der Waals surface area contributed by atoms with Crippen molar-refractivity contribution in [2.75, 3.05) is 45.9 Å².